The number of nitrogens with zero attached hydrogens (tertiary/aromatic N) is 1. The van der Waals surface area contributed by atoms with Crippen molar-refractivity contribution in [3.05, 3.63) is 59.7 Å². The Balaban J connectivity index is 2.18. The minimum atomic E-state index is -0.778. The van der Waals surface area contributed by atoms with E-state index in [0.29, 0.717) is 5.56 Å². The molecule has 1 atom stereocenters. The Morgan fingerprint density at radius 1 is 1.10 bits per heavy atom. The third-order valence-corrected chi connectivity index (χ3v) is 2.78. The van der Waals surface area contributed by atoms with Crippen molar-refractivity contribution in [2.45, 2.75) is 6.04 Å². The molecule has 0 saturated heterocycles. The fourth-order valence-corrected chi connectivity index (χ4v) is 1.71. The average Bonchev–Trinajstić information content (AvgIpc) is 2.48. The predicted molar refractivity (Wildman–Crippen MR) is 72.0 cm³/mol. The largest absolute Gasteiger partial charge is 0.504 e. The van der Waals surface area contributed by atoms with Gasteiger partial charge in [0.05, 0.1) is 6.07 Å². The van der Waals surface area contributed by atoms with Crippen LogP contribution in [0.1, 0.15) is 22.0 Å². The summed E-state index contributed by atoms with van der Waals surface area (Å²) in [7, 11) is 0. The maximum absolute atomic E-state index is 12.0. The number of amides is 1. The molecule has 5 nitrogen and oxygen atoms in total. The molecule has 100 valence electrons. The summed E-state index contributed by atoms with van der Waals surface area (Å²) in [6.45, 7) is 0. The third-order valence-electron chi connectivity index (χ3n) is 2.78. The number of hydrogen-bond donors (Lipinski definition) is 3. The van der Waals surface area contributed by atoms with Crippen LogP contribution < -0.4 is 5.32 Å². The van der Waals surface area contributed by atoms with Gasteiger partial charge >= 0.3 is 0 Å². The van der Waals surface area contributed by atoms with Crippen molar-refractivity contribution < 1.29 is 15.0 Å². The van der Waals surface area contributed by atoms with Crippen LogP contribution in [0.5, 0.6) is 11.5 Å². The van der Waals surface area contributed by atoms with Crippen LogP contribution in [0.3, 0.4) is 0 Å². The Bertz CT molecular complexity index is 663. The molecule has 0 spiro atoms. The van der Waals surface area contributed by atoms with E-state index in [4.69, 9.17) is 5.26 Å². The van der Waals surface area contributed by atoms with Crippen LogP contribution in [0.15, 0.2) is 48.5 Å². The highest BCUT2D eigenvalue weighted by atomic mass is 16.3. The number of carbonyl (C=O) groups excluding carboxylic acids is 1. The molecule has 2 aromatic rings. The molecule has 0 heterocycles. The van der Waals surface area contributed by atoms with Crippen molar-refractivity contribution in [3.63, 3.8) is 0 Å². The lowest BCUT2D eigenvalue weighted by molar-refractivity contribution is 0.0944. The van der Waals surface area contributed by atoms with E-state index in [1.54, 1.807) is 24.3 Å². The van der Waals surface area contributed by atoms with Gasteiger partial charge in [0.2, 0.25) is 0 Å². The normalized spacial score (nSPS) is 11.3. The van der Waals surface area contributed by atoms with E-state index in [0.717, 1.165) is 6.07 Å². The Labute approximate surface area is 115 Å². The fraction of sp³-hybridized carbons (Fsp3) is 0.0667. The molecular formula is C15H12N2O3. The number of nitrogens with one attached hydrogen (secondary N) is 1. The monoisotopic (exact) mass is 268 g/mol. The van der Waals surface area contributed by atoms with E-state index in [9.17, 15) is 15.0 Å². The van der Waals surface area contributed by atoms with Crippen molar-refractivity contribution in [2.24, 2.45) is 0 Å². The zero-order chi connectivity index (χ0) is 14.5. The van der Waals surface area contributed by atoms with E-state index >= 15 is 0 Å². The standard InChI is InChI=1S/C15H12N2O3/c16-9-12(10-4-2-1-3-5-10)17-15(20)11-6-7-13(18)14(19)8-11/h1-8,12,18-19H,(H,17,20). The van der Waals surface area contributed by atoms with Crippen molar-refractivity contribution >= 4 is 5.91 Å². The summed E-state index contributed by atoms with van der Waals surface area (Å²) >= 11 is 0. The van der Waals surface area contributed by atoms with Crippen LogP contribution in [0.25, 0.3) is 0 Å². The molecular weight excluding hydrogens is 256 g/mol. The van der Waals surface area contributed by atoms with E-state index < -0.39 is 11.9 Å². The first kappa shape index (κ1) is 13.4. The predicted octanol–water partition coefficient (Wildman–Crippen LogP) is 2.09. The molecule has 1 unspecified atom stereocenters. The zero-order valence-corrected chi connectivity index (χ0v) is 10.4. The van der Waals surface area contributed by atoms with Gasteiger partial charge in [0.15, 0.2) is 11.5 Å². The maximum Gasteiger partial charge on any atom is 0.252 e. The number of phenols is 2. The topological polar surface area (TPSA) is 93.4 Å². The van der Waals surface area contributed by atoms with Gasteiger partial charge < -0.3 is 15.5 Å². The highest BCUT2D eigenvalue weighted by Crippen LogP contribution is 2.25. The molecule has 0 fully saturated rings. The number of nitriles is 1. The number of carbonyl (C=O) groups is 1. The lowest BCUT2D eigenvalue weighted by Crippen LogP contribution is -2.27. The first-order valence-corrected chi connectivity index (χ1v) is 5.89. The van der Waals surface area contributed by atoms with Crippen molar-refractivity contribution in [1.82, 2.24) is 5.32 Å². The van der Waals surface area contributed by atoms with Gasteiger partial charge in [0.25, 0.3) is 5.91 Å². The molecule has 0 aliphatic rings. The summed E-state index contributed by atoms with van der Waals surface area (Å²) in [5.74, 6) is -1.19. The molecule has 2 rings (SSSR count). The minimum absolute atomic E-state index is 0.163. The Morgan fingerprint density at radius 2 is 1.80 bits per heavy atom. The molecule has 20 heavy (non-hydrogen) atoms. The summed E-state index contributed by atoms with van der Waals surface area (Å²) in [5.41, 5.74) is 0.836. The SMILES string of the molecule is N#CC(NC(=O)c1ccc(O)c(O)c1)c1ccccc1. The summed E-state index contributed by atoms with van der Waals surface area (Å²) in [6.07, 6.45) is 0. The molecule has 0 bridgehead atoms. The van der Waals surface area contributed by atoms with Gasteiger partial charge in [-0.05, 0) is 23.8 Å². The number of phenolic OH excluding ortho intramolecular Hbond substituents is 2. The molecule has 0 saturated carbocycles. The number of aromatic hydroxyl groups is 2. The van der Waals surface area contributed by atoms with Gasteiger partial charge in [-0.15, -0.1) is 0 Å². The van der Waals surface area contributed by atoms with Gasteiger partial charge in [-0.1, -0.05) is 30.3 Å². The molecule has 0 aliphatic heterocycles. The second kappa shape index (κ2) is 5.76. The molecule has 5 heteroatoms. The van der Waals surface area contributed by atoms with Crippen LogP contribution >= 0.6 is 0 Å². The van der Waals surface area contributed by atoms with Crippen molar-refractivity contribution in [2.75, 3.05) is 0 Å². The zero-order valence-electron chi connectivity index (χ0n) is 10.4. The molecule has 3 N–H and O–H groups in total. The second-order valence-corrected chi connectivity index (χ2v) is 4.15. The van der Waals surface area contributed by atoms with Crippen LogP contribution in [-0.4, -0.2) is 16.1 Å². The van der Waals surface area contributed by atoms with Crippen LogP contribution in [0, 0.1) is 11.3 Å². The highest BCUT2D eigenvalue weighted by molar-refractivity contribution is 5.95. The Morgan fingerprint density at radius 3 is 2.40 bits per heavy atom. The Hall–Kier alpha value is -3.00. The van der Waals surface area contributed by atoms with Gasteiger partial charge in [0, 0.05) is 5.56 Å². The quantitative estimate of drug-likeness (QED) is 0.743. The maximum atomic E-state index is 12.0. The number of hydrogen-bond acceptors (Lipinski definition) is 4. The molecule has 0 aliphatic carbocycles. The van der Waals surface area contributed by atoms with Gasteiger partial charge in [-0.3, -0.25) is 4.79 Å². The molecule has 0 aromatic heterocycles. The Kier molecular flexibility index (Phi) is 3.87. The molecule has 0 radical (unpaired) electrons. The van der Waals surface area contributed by atoms with Gasteiger partial charge in [0.1, 0.15) is 6.04 Å². The summed E-state index contributed by atoms with van der Waals surface area (Å²) < 4.78 is 0. The van der Waals surface area contributed by atoms with Crippen LogP contribution in [-0.2, 0) is 0 Å². The number of benzene rings is 2. The van der Waals surface area contributed by atoms with Crippen molar-refractivity contribution in [3.8, 4) is 17.6 Å². The summed E-state index contributed by atoms with van der Waals surface area (Å²) in [4.78, 5) is 12.0. The minimum Gasteiger partial charge on any atom is -0.504 e. The smallest absolute Gasteiger partial charge is 0.252 e. The van der Waals surface area contributed by atoms with E-state index in [2.05, 4.69) is 5.32 Å². The van der Waals surface area contributed by atoms with Crippen LogP contribution in [0.2, 0.25) is 0 Å². The van der Waals surface area contributed by atoms with Crippen LogP contribution in [0.4, 0.5) is 0 Å². The first-order valence-electron chi connectivity index (χ1n) is 5.89. The van der Waals surface area contributed by atoms with E-state index in [1.807, 2.05) is 12.1 Å². The highest BCUT2D eigenvalue weighted by Gasteiger charge is 2.15. The lowest BCUT2D eigenvalue weighted by Gasteiger charge is -2.12. The fourth-order valence-electron chi connectivity index (χ4n) is 1.71. The number of rotatable bonds is 3. The van der Waals surface area contributed by atoms with Gasteiger partial charge in [-0.25, -0.2) is 0 Å². The lowest BCUT2D eigenvalue weighted by atomic mass is 10.1. The molecule has 1 amide bonds. The second-order valence-electron chi connectivity index (χ2n) is 4.15. The van der Waals surface area contributed by atoms with E-state index in [1.165, 1.54) is 12.1 Å². The summed E-state index contributed by atoms with van der Waals surface area (Å²) in [6, 6.07) is 13.8. The third kappa shape index (κ3) is 2.87. The van der Waals surface area contributed by atoms with Crippen molar-refractivity contribution in [1.29, 1.82) is 5.26 Å². The van der Waals surface area contributed by atoms with Gasteiger partial charge in [-0.2, -0.15) is 5.26 Å². The van der Waals surface area contributed by atoms with E-state index in [-0.39, 0.29) is 17.1 Å². The summed E-state index contributed by atoms with van der Waals surface area (Å²) in [5, 5.41) is 30.2. The first-order chi connectivity index (χ1) is 9.61. The average molecular weight is 268 g/mol. The molecule has 2 aromatic carbocycles.